The first-order valence-electron chi connectivity index (χ1n) is 0.463. The van der Waals surface area contributed by atoms with Gasteiger partial charge in [-0.15, -0.1) is 0 Å². The van der Waals surface area contributed by atoms with E-state index in [0.717, 1.165) is 0 Å². The molecule has 0 aliphatic heterocycles. The van der Waals surface area contributed by atoms with Gasteiger partial charge in [0.05, 0.1) is 0 Å². The summed E-state index contributed by atoms with van der Waals surface area (Å²) in [6.07, 6.45) is 0. The first-order chi connectivity index (χ1) is 1.73. The molecule has 0 aromatic carbocycles. The molecular weight excluding hydrogens is 173 g/mol. The zero-order chi connectivity index (χ0) is 3.58. The van der Waals surface area contributed by atoms with Gasteiger partial charge in [0.25, 0.3) is 21.1 Å². The molecule has 0 aliphatic rings. The van der Waals surface area contributed by atoms with E-state index < -0.39 is 21.1 Å². The Morgan fingerprint density at radius 3 is 1.00 bits per heavy atom. The minimum atomic E-state index is -4.01. The van der Waals surface area contributed by atoms with Crippen molar-refractivity contribution in [2.45, 2.75) is 0 Å². The lowest BCUT2D eigenvalue weighted by atomic mass is 16.0. The molecule has 0 aliphatic carbocycles. The number of hydrogen-bond donors (Lipinski definition) is 0. The average Bonchev–Trinajstić information content (AvgIpc) is 0.811. The molecular formula is IO3-. The second kappa shape index (κ2) is 1.89. The van der Waals surface area contributed by atoms with Crippen LogP contribution in [0.4, 0.5) is 0 Å². The van der Waals surface area contributed by atoms with E-state index >= 15 is 0 Å². The van der Waals surface area contributed by atoms with Gasteiger partial charge in [-0.3, -0.25) is 0 Å². The summed E-state index contributed by atoms with van der Waals surface area (Å²) < 4.78 is 25.7. The van der Waals surface area contributed by atoms with Crippen molar-refractivity contribution < 1.29 is 31.4 Å². The van der Waals surface area contributed by atoms with Crippen LogP contribution >= 0.6 is 0 Å². The minimum absolute atomic E-state index is 4.01. The molecule has 0 bridgehead atoms. The molecule has 0 saturated carbocycles. The Balaban J connectivity index is 2.32. The molecule has 0 saturated heterocycles. The highest BCUT2D eigenvalue weighted by Crippen LogP contribution is -0.137. The van der Waals surface area contributed by atoms with Gasteiger partial charge in [-0.25, -0.2) is 0 Å². The number of rotatable bonds is 0. The van der Waals surface area contributed by atoms with Crippen LogP contribution in [0.1, 0.15) is 0 Å². The molecule has 0 spiro atoms. The van der Waals surface area contributed by atoms with E-state index in [1.807, 2.05) is 0 Å². The summed E-state index contributed by atoms with van der Waals surface area (Å²) in [6.45, 7) is 0. The van der Waals surface area contributed by atoms with Crippen LogP contribution in [0.3, 0.4) is 0 Å². The normalized spacial score (nSPS) is 9.00. The second-order valence-corrected chi connectivity index (χ2v) is 1.27. The molecule has 0 radical (unpaired) electrons. The maximum absolute atomic E-state index is 8.57. The molecule has 26 valence electrons. The van der Waals surface area contributed by atoms with Crippen molar-refractivity contribution in [2.24, 2.45) is 0 Å². The van der Waals surface area contributed by atoms with Crippen LogP contribution in [-0.2, 0) is 0 Å². The fourth-order valence-corrected chi connectivity index (χ4v) is 0. The molecule has 4 heavy (non-hydrogen) atoms. The fraction of sp³-hybridized carbons (Fsp3) is 0. The molecule has 0 atom stereocenters. The third kappa shape index (κ3) is 18.2. The summed E-state index contributed by atoms with van der Waals surface area (Å²) in [5, 5.41) is 0. The highest BCUT2D eigenvalue weighted by Gasteiger charge is 1.70. The van der Waals surface area contributed by atoms with E-state index in [9.17, 15) is 0 Å². The summed E-state index contributed by atoms with van der Waals surface area (Å²) in [7, 11) is 0. The Hall–Kier alpha value is 0.610. The van der Waals surface area contributed by atoms with Gasteiger partial charge in [0, 0.05) is 0 Å². The lowest BCUT2D eigenvalue weighted by Crippen LogP contribution is -4.05. The van der Waals surface area contributed by atoms with E-state index in [4.69, 9.17) is 10.3 Å². The van der Waals surface area contributed by atoms with Crippen molar-refractivity contribution >= 4 is 0 Å². The zero-order valence-corrected chi connectivity index (χ0v) is 3.76. The fourth-order valence-electron chi connectivity index (χ4n) is 0. The van der Waals surface area contributed by atoms with Gasteiger partial charge in [-0.05, 0) is 0 Å². The third-order valence-electron chi connectivity index (χ3n) is 0. The molecule has 0 aromatic rings. The standard InChI is InChI=1S/IO3/c2-1(3)4/q-1/i1-2. The van der Waals surface area contributed by atoms with Gasteiger partial charge in [-0.2, -0.15) is 0 Å². The van der Waals surface area contributed by atoms with E-state index in [-0.39, 0.29) is 0 Å². The van der Waals surface area contributed by atoms with E-state index in [0.29, 0.717) is 0 Å². The molecule has 0 rings (SSSR count). The van der Waals surface area contributed by atoms with Crippen LogP contribution in [0.15, 0.2) is 0 Å². The molecule has 4 heteroatoms. The molecule has 3 nitrogen and oxygen atoms in total. The molecule has 0 amide bonds. The Morgan fingerprint density at radius 1 is 1.00 bits per heavy atom. The molecule has 0 fully saturated rings. The topological polar surface area (TPSA) is 69.2 Å². The van der Waals surface area contributed by atoms with E-state index in [1.54, 1.807) is 0 Å². The van der Waals surface area contributed by atoms with E-state index in [1.165, 1.54) is 0 Å². The Morgan fingerprint density at radius 2 is 1.00 bits per heavy atom. The SMILES string of the molecule is [O-][125I+2]([O-])[O-]. The van der Waals surface area contributed by atoms with Gasteiger partial charge in [0.15, 0.2) is 0 Å². The second-order valence-electron chi connectivity index (χ2n) is 0.189. The molecule has 0 N–H and O–H groups in total. The monoisotopic (exact) mass is 173 g/mol. The van der Waals surface area contributed by atoms with Crippen molar-refractivity contribution in [1.82, 2.24) is 0 Å². The predicted octanol–water partition coefficient (Wildman–Crippen LogP) is -6.56. The Kier molecular flexibility index (Phi) is 2.17. The van der Waals surface area contributed by atoms with Gasteiger partial charge >= 0.3 is 0 Å². The van der Waals surface area contributed by atoms with Gasteiger partial charge in [0.2, 0.25) is 0 Å². The third-order valence-corrected chi connectivity index (χ3v) is 0. The highest BCUT2D eigenvalue weighted by molar-refractivity contribution is 1.73. The quantitative estimate of drug-likeness (QED) is 0.342. The van der Waals surface area contributed by atoms with E-state index in [2.05, 4.69) is 0 Å². The largest absolute Gasteiger partial charge is 0.427 e. The lowest BCUT2D eigenvalue weighted by molar-refractivity contribution is -1.73. The van der Waals surface area contributed by atoms with Crippen LogP contribution in [0.25, 0.3) is 0 Å². The number of hydrogen-bond acceptors (Lipinski definition) is 3. The first-order valence-corrected chi connectivity index (χ1v) is 3.11. The van der Waals surface area contributed by atoms with Crippen LogP contribution in [0, 0.1) is 0 Å². The summed E-state index contributed by atoms with van der Waals surface area (Å²) in [6, 6.07) is 0. The molecule has 0 unspecified atom stereocenters. The van der Waals surface area contributed by atoms with Crippen LogP contribution in [0.2, 0.25) is 0 Å². The minimum Gasteiger partial charge on any atom is -0.427 e. The Labute approximate surface area is 31.9 Å². The summed E-state index contributed by atoms with van der Waals surface area (Å²) in [5.74, 6) is 0. The highest BCUT2D eigenvalue weighted by atomic mass is 125. The smallest absolute Gasteiger partial charge is 0.282 e. The van der Waals surface area contributed by atoms with Gasteiger partial charge in [-0.1, -0.05) is 0 Å². The zero-order valence-electron chi connectivity index (χ0n) is 1.60. The van der Waals surface area contributed by atoms with Crippen molar-refractivity contribution in [3.05, 3.63) is 0 Å². The van der Waals surface area contributed by atoms with Gasteiger partial charge in [0.1, 0.15) is 0 Å². The first kappa shape index (κ1) is 4.61. The summed E-state index contributed by atoms with van der Waals surface area (Å²) in [5.41, 5.74) is 0. The lowest BCUT2D eigenvalue weighted by Gasteiger charge is -1.84. The number of halogens is 1. The predicted molar refractivity (Wildman–Crippen MR) is 0 cm³/mol. The maximum Gasteiger partial charge on any atom is 0.282 e. The van der Waals surface area contributed by atoms with Crippen LogP contribution in [0.5, 0.6) is 0 Å². The maximum atomic E-state index is 8.57. The van der Waals surface area contributed by atoms with Crippen molar-refractivity contribution in [3.8, 4) is 0 Å². The molecule has 0 aromatic heterocycles. The van der Waals surface area contributed by atoms with Crippen molar-refractivity contribution in [3.63, 3.8) is 0 Å². The van der Waals surface area contributed by atoms with Crippen molar-refractivity contribution in [1.29, 1.82) is 0 Å². The van der Waals surface area contributed by atoms with Crippen LogP contribution < -0.4 is 31.4 Å². The average molecular weight is 173 g/mol. The molecule has 0 heterocycles. The Bertz CT molecular complexity index is 8.00. The van der Waals surface area contributed by atoms with Gasteiger partial charge < -0.3 is 10.3 Å². The van der Waals surface area contributed by atoms with Crippen LogP contribution in [-0.4, -0.2) is 0 Å². The van der Waals surface area contributed by atoms with Crippen molar-refractivity contribution in [2.75, 3.05) is 0 Å². The summed E-state index contributed by atoms with van der Waals surface area (Å²) >= 11 is -4.01. The summed E-state index contributed by atoms with van der Waals surface area (Å²) in [4.78, 5) is 0.